The van der Waals surface area contributed by atoms with E-state index in [4.69, 9.17) is 9.15 Å². The van der Waals surface area contributed by atoms with Gasteiger partial charge in [0.25, 0.3) is 5.91 Å². The normalized spacial score (nSPS) is 11.9. The van der Waals surface area contributed by atoms with E-state index in [1.807, 2.05) is 12.1 Å². The first-order valence-electron chi connectivity index (χ1n) is 8.57. The number of furan rings is 1. The summed E-state index contributed by atoms with van der Waals surface area (Å²) in [5, 5.41) is 3.44. The smallest absolute Gasteiger partial charge is 0.375 e. The van der Waals surface area contributed by atoms with Gasteiger partial charge in [-0.2, -0.15) is 0 Å². The maximum Gasteiger partial charge on any atom is 0.375 e. The van der Waals surface area contributed by atoms with Crippen LogP contribution in [0.15, 0.2) is 51.4 Å². The van der Waals surface area contributed by atoms with Gasteiger partial charge in [0, 0.05) is 26.7 Å². The van der Waals surface area contributed by atoms with E-state index < -0.39 is 18.0 Å². The average molecular weight is 444 g/mol. The third-order valence-electron chi connectivity index (χ3n) is 4.30. The molecule has 144 valence electrons. The van der Waals surface area contributed by atoms with Crippen LogP contribution in [0, 0.1) is 6.92 Å². The topological polar surface area (TPSA) is 85.6 Å². The van der Waals surface area contributed by atoms with Crippen LogP contribution in [0.5, 0.6) is 0 Å². The maximum absolute atomic E-state index is 12.5. The van der Waals surface area contributed by atoms with Crippen molar-refractivity contribution >= 4 is 50.2 Å². The van der Waals surface area contributed by atoms with E-state index in [2.05, 4.69) is 21.2 Å². The van der Waals surface area contributed by atoms with E-state index in [9.17, 15) is 14.4 Å². The zero-order valence-electron chi connectivity index (χ0n) is 15.5. The first-order chi connectivity index (χ1) is 13.3. The molecule has 7 heteroatoms. The molecule has 3 aromatic rings. The number of carbonyl (C=O) groups is 3. The summed E-state index contributed by atoms with van der Waals surface area (Å²) in [5.41, 5.74) is 2.26. The molecule has 1 amide bonds. The molecular formula is C21H18BrNO5. The minimum atomic E-state index is -1.03. The molecule has 0 spiro atoms. The van der Waals surface area contributed by atoms with Crippen molar-refractivity contribution in [3.63, 3.8) is 0 Å². The second kappa shape index (κ2) is 7.98. The van der Waals surface area contributed by atoms with Crippen LogP contribution in [-0.4, -0.2) is 23.8 Å². The molecule has 0 aliphatic heterocycles. The second-order valence-electron chi connectivity index (χ2n) is 6.37. The maximum atomic E-state index is 12.5. The third-order valence-corrected chi connectivity index (χ3v) is 4.79. The Bertz CT molecular complexity index is 1070. The number of Topliss-reactive ketones (excluding diaryl/α,β-unsaturated/α-hetero) is 1. The molecule has 0 bridgehead atoms. The lowest BCUT2D eigenvalue weighted by atomic mass is 10.1. The van der Waals surface area contributed by atoms with Crippen LogP contribution < -0.4 is 5.32 Å². The number of nitrogens with one attached hydrogen (secondary N) is 1. The fourth-order valence-corrected chi connectivity index (χ4v) is 3.05. The summed E-state index contributed by atoms with van der Waals surface area (Å²) in [6.45, 7) is 4.70. The Balaban J connectivity index is 1.69. The summed E-state index contributed by atoms with van der Waals surface area (Å²) >= 11 is 3.39. The van der Waals surface area contributed by atoms with E-state index in [0.29, 0.717) is 22.4 Å². The van der Waals surface area contributed by atoms with Crippen LogP contribution in [0.3, 0.4) is 0 Å². The number of aryl methyl sites for hydroxylation is 1. The van der Waals surface area contributed by atoms with Gasteiger partial charge < -0.3 is 14.5 Å². The van der Waals surface area contributed by atoms with Crippen molar-refractivity contribution in [2.24, 2.45) is 0 Å². The van der Waals surface area contributed by atoms with Gasteiger partial charge in [-0.1, -0.05) is 15.9 Å². The lowest BCUT2D eigenvalue weighted by Crippen LogP contribution is -2.30. The number of anilines is 1. The van der Waals surface area contributed by atoms with Crippen molar-refractivity contribution in [3.05, 3.63) is 63.8 Å². The predicted octanol–water partition coefficient (Wildman–Crippen LogP) is 4.89. The second-order valence-corrected chi connectivity index (χ2v) is 7.28. The molecule has 1 aromatic heterocycles. The quantitative estimate of drug-likeness (QED) is 0.448. The highest BCUT2D eigenvalue weighted by atomic mass is 79.9. The van der Waals surface area contributed by atoms with Gasteiger partial charge >= 0.3 is 5.97 Å². The number of hydrogen-bond acceptors (Lipinski definition) is 5. The summed E-state index contributed by atoms with van der Waals surface area (Å²) < 4.78 is 11.7. The lowest BCUT2D eigenvalue weighted by molar-refractivity contribution is -0.123. The highest BCUT2D eigenvalue weighted by molar-refractivity contribution is 9.10. The SMILES string of the molecule is CC(=O)c1ccc(NC(=O)C(C)OC(=O)c2oc3ccc(Br)cc3c2C)cc1. The Morgan fingerprint density at radius 3 is 2.43 bits per heavy atom. The van der Waals surface area contributed by atoms with Gasteiger partial charge in [-0.15, -0.1) is 0 Å². The van der Waals surface area contributed by atoms with E-state index >= 15 is 0 Å². The largest absolute Gasteiger partial charge is 0.449 e. The van der Waals surface area contributed by atoms with Crippen LogP contribution in [0.25, 0.3) is 11.0 Å². The number of ether oxygens (including phenoxy) is 1. The zero-order chi connectivity index (χ0) is 20.4. The van der Waals surface area contributed by atoms with E-state index in [1.54, 1.807) is 37.3 Å². The standard InChI is InChI=1S/C21H18BrNO5/c1-11-17-10-15(22)6-9-18(17)28-19(11)21(26)27-13(3)20(25)23-16-7-4-14(5-8-16)12(2)24/h4-10,13H,1-3H3,(H,23,25). The number of ketones is 1. The molecule has 2 aromatic carbocycles. The van der Waals surface area contributed by atoms with E-state index in [0.717, 1.165) is 9.86 Å². The van der Waals surface area contributed by atoms with Crippen molar-refractivity contribution in [1.29, 1.82) is 0 Å². The van der Waals surface area contributed by atoms with Crippen LogP contribution in [-0.2, 0) is 9.53 Å². The van der Waals surface area contributed by atoms with Crippen LogP contribution >= 0.6 is 15.9 Å². The molecule has 0 saturated heterocycles. The van der Waals surface area contributed by atoms with Gasteiger partial charge in [0.2, 0.25) is 5.76 Å². The van der Waals surface area contributed by atoms with Crippen molar-refractivity contribution in [3.8, 4) is 0 Å². The molecule has 3 rings (SSSR count). The molecule has 28 heavy (non-hydrogen) atoms. The lowest BCUT2D eigenvalue weighted by Gasteiger charge is -2.13. The molecule has 0 aliphatic rings. The van der Waals surface area contributed by atoms with Crippen LogP contribution in [0.1, 0.15) is 40.3 Å². The number of amides is 1. The number of hydrogen-bond donors (Lipinski definition) is 1. The highest BCUT2D eigenvalue weighted by Crippen LogP contribution is 2.28. The van der Waals surface area contributed by atoms with Gasteiger partial charge in [0.05, 0.1) is 0 Å². The van der Waals surface area contributed by atoms with Gasteiger partial charge in [0.1, 0.15) is 5.58 Å². The average Bonchev–Trinajstić information content (AvgIpc) is 2.98. The Labute approximate surface area is 170 Å². The van der Waals surface area contributed by atoms with Crippen molar-refractivity contribution in [2.45, 2.75) is 26.9 Å². The number of carbonyl (C=O) groups excluding carboxylic acids is 3. The number of halogens is 1. The van der Waals surface area contributed by atoms with Gasteiger partial charge in [-0.3, -0.25) is 9.59 Å². The molecule has 0 saturated carbocycles. The molecule has 1 heterocycles. The number of rotatable bonds is 5. The Morgan fingerprint density at radius 1 is 1.11 bits per heavy atom. The molecule has 0 aliphatic carbocycles. The molecule has 0 radical (unpaired) electrons. The minimum Gasteiger partial charge on any atom is -0.449 e. The minimum absolute atomic E-state index is 0.0617. The van der Waals surface area contributed by atoms with Gasteiger partial charge in [-0.25, -0.2) is 4.79 Å². The first kappa shape index (κ1) is 19.8. The molecule has 1 unspecified atom stereocenters. The molecule has 6 nitrogen and oxygen atoms in total. The third kappa shape index (κ3) is 4.14. The van der Waals surface area contributed by atoms with E-state index in [-0.39, 0.29) is 11.5 Å². The Kier molecular flexibility index (Phi) is 5.65. The van der Waals surface area contributed by atoms with Crippen molar-refractivity contribution in [1.82, 2.24) is 0 Å². The summed E-state index contributed by atoms with van der Waals surface area (Å²) in [6.07, 6.45) is -1.03. The number of fused-ring (bicyclic) bond motifs is 1. The highest BCUT2D eigenvalue weighted by Gasteiger charge is 2.24. The molecule has 0 fully saturated rings. The summed E-state index contributed by atoms with van der Waals surface area (Å²) in [6, 6.07) is 11.9. The van der Waals surface area contributed by atoms with Gasteiger partial charge in [0.15, 0.2) is 11.9 Å². The van der Waals surface area contributed by atoms with E-state index in [1.165, 1.54) is 13.8 Å². The fourth-order valence-electron chi connectivity index (χ4n) is 2.69. The molecular weight excluding hydrogens is 426 g/mol. The van der Waals surface area contributed by atoms with Crippen LogP contribution in [0.2, 0.25) is 0 Å². The number of esters is 1. The van der Waals surface area contributed by atoms with Gasteiger partial charge in [-0.05, 0) is 63.2 Å². The summed E-state index contributed by atoms with van der Waals surface area (Å²) in [5.74, 6) is -1.19. The predicted molar refractivity (Wildman–Crippen MR) is 109 cm³/mol. The van der Waals surface area contributed by atoms with Crippen molar-refractivity contribution in [2.75, 3.05) is 5.32 Å². The summed E-state index contributed by atoms with van der Waals surface area (Å²) in [7, 11) is 0. The Hall–Kier alpha value is -2.93. The van der Waals surface area contributed by atoms with Crippen LogP contribution in [0.4, 0.5) is 5.69 Å². The fraction of sp³-hybridized carbons (Fsp3) is 0.190. The van der Waals surface area contributed by atoms with Crippen molar-refractivity contribution < 1.29 is 23.5 Å². The summed E-state index contributed by atoms with van der Waals surface area (Å²) in [4.78, 5) is 36.1. The monoisotopic (exact) mass is 443 g/mol. The Morgan fingerprint density at radius 2 is 1.79 bits per heavy atom. The first-order valence-corrected chi connectivity index (χ1v) is 9.37. The molecule has 1 atom stereocenters. The zero-order valence-corrected chi connectivity index (χ0v) is 17.1. The number of benzene rings is 2. The molecule has 1 N–H and O–H groups in total.